The summed E-state index contributed by atoms with van der Waals surface area (Å²) in [5, 5.41) is 3.24. The van der Waals surface area contributed by atoms with Crippen LogP contribution in [-0.2, 0) is 4.79 Å². The molecule has 0 aliphatic carbocycles. The molecule has 4 nitrogen and oxygen atoms in total. The SMILES string of the molecule is CN1C=NC(=O)C12CCNCC2. The van der Waals surface area contributed by atoms with Crippen LogP contribution < -0.4 is 5.32 Å². The molecular weight excluding hydrogens is 154 g/mol. The highest BCUT2D eigenvalue weighted by atomic mass is 16.2. The lowest BCUT2D eigenvalue weighted by Crippen LogP contribution is -2.54. The smallest absolute Gasteiger partial charge is 0.273 e. The van der Waals surface area contributed by atoms with E-state index in [2.05, 4.69) is 10.3 Å². The highest BCUT2D eigenvalue weighted by molar-refractivity contribution is 5.98. The van der Waals surface area contributed by atoms with E-state index in [0.29, 0.717) is 0 Å². The molecule has 1 fully saturated rings. The van der Waals surface area contributed by atoms with E-state index < -0.39 is 0 Å². The lowest BCUT2D eigenvalue weighted by Gasteiger charge is -2.37. The van der Waals surface area contributed by atoms with Gasteiger partial charge < -0.3 is 10.2 Å². The van der Waals surface area contributed by atoms with E-state index >= 15 is 0 Å². The summed E-state index contributed by atoms with van der Waals surface area (Å²) in [5.74, 6) is 0.0338. The monoisotopic (exact) mass is 167 g/mol. The summed E-state index contributed by atoms with van der Waals surface area (Å²) < 4.78 is 0. The predicted molar refractivity (Wildman–Crippen MR) is 46.1 cm³/mol. The lowest BCUT2D eigenvalue weighted by molar-refractivity contribution is -0.126. The average molecular weight is 167 g/mol. The van der Waals surface area contributed by atoms with Crippen LogP contribution in [0.4, 0.5) is 0 Å². The van der Waals surface area contributed by atoms with Crippen LogP contribution >= 0.6 is 0 Å². The van der Waals surface area contributed by atoms with Gasteiger partial charge in [-0.25, -0.2) is 4.99 Å². The first-order valence-electron chi connectivity index (χ1n) is 4.28. The second-order valence-electron chi connectivity index (χ2n) is 3.44. The Kier molecular flexibility index (Phi) is 1.65. The van der Waals surface area contributed by atoms with E-state index in [9.17, 15) is 4.79 Å². The van der Waals surface area contributed by atoms with Crippen molar-refractivity contribution in [2.75, 3.05) is 20.1 Å². The molecule has 0 saturated carbocycles. The van der Waals surface area contributed by atoms with Crippen molar-refractivity contribution in [3.8, 4) is 0 Å². The second kappa shape index (κ2) is 2.55. The van der Waals surface area contributed by atoms with Crippen molar-refractivity contribution in [2.24, 2.45) is 4.99 Å². The van der Waals surface area contributed by atoms with Crippen molar-refractivity contribution in [2.45, 2.75) is 18.4 Å². The fraction of sp³-hybridized carbons (Fsp3) is 0.750. The van der Waals surface area contributed by atoms with Crippen molar-refractivity contribution in [3.05, 3.63) is 0 Å². The van der Waals surface area contributed by atoms with Crippen LogP contribution in [-0.4, -0.2) is 42.8 Å². The van der Waals surface area contributed by atoms with Crippen LogP contribution in [0.15, 0.2) is 4.99 Å². The number of likely N-dealkylation sites (N-methyl/N-ethyl adjacent to an activating group) is 1. The molecule has 2 rings (SSSR count). The minimum absolute atomic E-state index is 0.0338. The third kappa shape index (κ3) is 0.876. The van der Waals surface area contributed by atoms with Gasteiger partial charge in [0.2, 0.25) is 0 Å². The molecule has 12 heavy (non-hydrogen) atoms. The van der Waals surface area contributed by atoms with Crippen LogP contribution in [0.2, 0.25) is 0 Å². The molecule has 2 aliphatic heterocycles. The number of piperidine rings is 1. The Morgan fingerprint density at radius 1 is 1.58 bits per heavy atom. The maximum absolute atomic E-state index is 11.5. The fourth-order valence-corrected chi connectivity index (χ4v) is 1.93. The molecule has 66 valence electrons. The molecule has 4 heteroatoms. The molecule has 0 atom stereocenters. The van der Waals surface area contributed by atoms with Crippen molar-refractivity contribution in [3.63, 3.8) is 0 Å². The first-order chi connectivity index (χ1) is 5.76. The van der Waals surface area contributed by atoms with Crippen LogP contribution in [0.25, 0.3) is 0 Å². The van der Waals surface area contributed by atoms with Crippen LogP contribution in [0.1, 0.15) is 12.8 Å². The Morgan fingerprint density at radius 2 is 2.25 bits per heavy atom. The second-order valence-corrected chi connectivity index (χ2v) is 3.44. The number of hydrogen-bond donors (Lipinski definition) is 1. The Labute approximate surface area is 71.6 Å². The lowest BCUT2D eigenvalue weighted by atomic mass is 9.87. The molecule has 1 spiro atoms. The number of amides is 1. The number of nitrogens with zero attached hydrogens (tertiary/aromatic N) is 2. The minimum atomic E-state index is -0.300. The zero-order valence-electron chi connectivity index (χ0n) is 7.21. The van der Waals surface area contributed by atoms with Gasteiger partial charge in [0, 0.05) is 7.05 Å². The number of rotatable bonds is 0. The third-order valence-electron chi connectivity index (χ3n) is 2.85. The highest BCUT2D eigenvalue weighted by Gasteiger charge is 2.45. The number of nitrogens with one attached hydrogen (secondary N) is 1. The standard InChI is InChI=1S/C8H13N3O/c1-11-6-10-7(12)8(11)2-4-9-5-3-8/h6,9H,2-5H2,1H3. The van der Waals surface area contributed by atoms with E-state index in [0.717, 1.165) is 25.9 Å². The van der Waals surface area contributed by atoms with Gasteiger partial charge >= 0.3 is 0 Å². The van der Waals surface area contributed by atoms with Crippen LogP contribution in [0, 0.1) is 0 Å². The summed E-state index contributed by atoms with van der Waals surface area (Å²) in [6, 6.07) is 0. The van der Waals surface area contributed by atoms with E-state index in [1.807, 2.05) is 11.9 Å². The third-order valence-corrected chi connectivity index (χ3v) is 2.85. The molecule has 0 aromatic rings. The molecule has 2 heterocycles. The van der Waals surface area contributed by atoms with Crippen molar-refractivity contribution in [1.82, 2.24) is 10.2 Å². The molecule has 0 radical (unpaired) electrons. The first kappa shape index (κ1) is 7.73. The van der Waals surface area contributed by atoms with E-state index in [1.54, 1.807) is 6.34 Å². The minimum Gasteiger partial charge on any atom is -0.351 e. The summed E-state index contributed by atoms with van der Waals surface area (Å²) in [6.07, 6.45) is 3.40. The van der Waals surface area contributed by atoms with E-state index in [4.69, 9.17) is 0 Å². The van der Waals surface area contributed by atoms with Crippen LogP contribution in [0.3, 0.4) is 0 Å². The van der Waals surface area contributed by atoms with E-state index in [1.165, 1.54) is 0 Å². The van der Waals surface area contributed by atoms with Gasteiger partial charge in [0.1, 0.15) is 5.54 Å². The molecule has 1 amide bonds. The molecule has 1 saturated heterocycles. The van der Waals surface area contributed by atoms with Gasteiger partial charge in [-0.3, -0.25) is 4.79 Å². The topological polar surface area (TPSA) is 44.7 Å². The fourth-order valence-electron chi connectivity index (χ4n) is 1.93. The summed E-state index contributed by atoms with van der Waals surface area (Å²) in [5.41, 5.74) is -0.300. The van der Waals surface area contributed by atoms with E-state index in [-0.39, 0.29) is 11.4 Å². The highest BCUT2D eigenvalue weighted by Crippen LogP contribution is 2.28. The molecule has 0 unspecified atom stereocenters. The summed E-state index contributed by atoms with van der Waals surface area (Å²) in [6.45, 7) is 1.83. The Bertz CT molecular complexity index is 230. The van der Waals surface area contributed by atoms with Crippen molar-refractivity contribution >= 4 is 12.2 Å². The maximum atomic E-state index is 11.5. The first-order valence-corrected chi connectivity index (χ1v) is 4.28. The molecule has 0 bridgehead atoms. The van der Waals surface area contributed by atoms with Gasteiger partial charge in [0.25, 0.3) is 5.91 Å². The number of carbonyl (C=O) groups is 1. The molecule has 0 aromatic heterocycles. The number of hydrogen-bond acceptors (Lipinski definition) is 3. The zero-order valence-corrected chi connectivity index (χ0v) is 7.21. The van der Waals surface area contributed by atoms with Gasteiger partial charge in [-0.1, -0.05) is 0 Å². The van der Waals surface area contributed by atoms with Gasteiger partial charge in [0.15, 0.2) is 0 Å². The van der Waals surface area contributed by atoms with Gasteiger partial charge in [-0.2, -0.15) is 0 Å². The molecule has 1 N–H and O–H groups in total. The largest absolute Gasteiger partial charge is 0.351 e. The summed E-state index contributed by atoms with van der Waals surface area (Å²) in [7, 11) is 1.93. The number of aliphatic imine (C=N–C) groups is 1. The molecule has 2 aliphatic rings. The van der Waals surface area contributed by atoms with Crippen molar-refractivity contribution in [1.29, 1.82) is 0 Å². The Morgan fingerprint density at radius 3 is 2.75 bits per heavy atom. The van der Waals surface area contributed by atoms with Gasteiger partial charge in [-0.15, -0.1) is 0 Å². The number of carbonyl (C=O) groups excluding carboxylic acids is 1. The maximum Gasteiger partial charge on any atom is 0.273 e. The summed E-state index contributed by atoms with van der Waals surface area (Å²) in [4.78, 5) is 17.3. The van der Waals surface area contributed by atoms with Gasteiger partial charge in [-0.05, 0) is 25.9 Å². The van der Waals surface area contributed by atoms with Crippen molar-refractivity contribution < 1.29 is 4.79 Å². The quantitative estimate of drug-likeness (QED) is 0.534. The zero-order chi connectivity index (χ0) is 8.60. The van der Waals surface area contributed by atoms with Crippen LogP contribution in [0.5, 0.6) is 0 Å². The Balaban J connectivity index is 2.23. The molecule has 0 aromatic carbocycles. The Hall–Kier alpha value is -0.900. The average Bonchev–Trinajstić information content (AvgIpc) is 2.36. The predicted octanol–water partition coefficient (Wildman–Crippen LogP) is -0.391. The normalized spacial score (nSPS) is 27.1. The summed E-state index contributed by atoms with van der Waals surface area (Å²) >= 11 is 0. The van der Waals surface area contributed by atoms with Gasteiger partial charge in [0.05, 0.1) is 6.34 Å². The molecular formula is C8H13N3O.